The molecule has 10 aromatic rings. The van der Waals surface area contributed by atoms with Crippen molar-refractivity contribution in [3.8, 4) is 50.7 Å². The molecule has 3 heterocycles. The summed E-state index contributed by atoms with van der Waals surface area (Å²) in [5.74, 6) is 1.43. The van der Waals surface area contributed by atoms with Crippen LogP contribution in [0.4, 0.5) is 31.5 Å². The zero-order chi connectivity index (χ0) is 55.7. The van der Waals surface area contributed by atoms with Crippen LogP contribution in [0.3, 0.4) is 0 Å². The van der Waals surface area contributed by atoms with Crippen molar-refractivity contribution >= 4 is 50.6 Å². The van der Waals surface area contributed by atoms with E-state index >= 15 is 8.78 Å². The molecule has 1 aliphatic heterocycles. The third-order valence-corrected chi connectivity index (χ3v) is 15.7. The topological polar surface area (TPSA) is 33.1 Å². The molecule has 0 aliphatic carbocycles. The highest BCUT2D eigenvalue weighted by Crippen LogP contribution is 2.49. The van der Waals surface area contributed by atoms with Gasteiger partial charge in [-0.2, -0.15) is 0 Å². The predicted molar refractivity (Wildman–Crippen MR) is 326 cm³/mol. The Morgan fingerprint density at radius 2 is 1.13 bits per heavy atom. The van der Waals surface area contributed by atoms with Crippen molar-refractivity contribution < 1.29 is 13.5 Å². The summed E-state index contributed by atoms with van der Waals surface area (Å²) < 4.78 is 44.9. The summed E-state index contributed by atoms with van der Waals surface area (Å²) in [6, 6.07) is 59.6. The molecule has 7 heteroatoms. The van der Waals surface area contributed by atoms with Gasteiger partial charge in [-0.1, -0.05) is 150 Å². The van der Waals surface area contributed by atoms with Gasteiger partial charge in [0.05, 0.1) is 28.2 Å². The maximum atomic E-state index is 15.6. The van der Waals surface area contributed by atoms with E-state index in [2.05, 4.69) is 236 Å². The van der Waals surface area contributed by atoms with Crippen LogP contribution in [0.5, 0.6) is 11.5 Å². The van der Waals surface area contributed by atoms with Crippen LogP contribution in [0, 0.1) is 11.6 Å². The molecule has 396 valence electrons. The van der Waals surface area contributed by atoms with Gasteiger partial charge in [-0.15, -0.1) is 0 Å². The summed E-state index contributed by atoms with van der Waals surface area (Å²) in [6.07, 6.45) is 3.60. The number of aromatic nitrogens is 2. The molecule has 0 atom stereocenters. The van der Waals surface area contributed by atoms with E-state index in [9.17, 15) is 0 Å². The van der Waals surface area contributed by atoms with Gasteiger partial charge in [0.1, 0.15) is 29.0 Å². The minimum absolute atomic E-state index is 0.0671. The highest BCUT2D eigenvalue weighted by molar-refractivity contribution is 6.09. The summed E-state index contributed by atoms with van der Waals surface area (Å²) in [4.78, 5) is 4.95. The number of hydrogen-bond donors (Lipinski definition) is 0. The molecule has 0 fully saturated rings. The maximum Gasteiger partial charge on any atom is 0.503 e. The van der Waals surface area contributed by atoms with Crippen LogP contribution < -0.4 is 13.9 Å². The predicted octanol–water partition coefficient (Wildman–Crippen LogP) is 20.1. The van der Waals surface area contributed by atoms with Crippen molar-refractivity contribution in [3.05, 3.63) is 215 Å². The van der Waals surface area contributed by atoms with Gasteiger partial charge in [0.25, 0.3) is 11.4 Å². The fraction of sp³-hybridized carbons (Fsp3) is 0.250. The summed E-state index contributed by atoms with van der Waals surface area (Å²) in [5, 5.41) is 2.24. The number of halogens is 2. The zero-order valence-corrected chi connectivity index (χ0v) is 47.7. The molecule has 0 saturated carbocycles. The third kappa shape index (κ3) is 10.0. The van der Waals surface area contributed by atoms with E-state index in [1.165, 1.54) is 45.5 Å². The Bertz CT molecular complexity index is 4050. The molecular formula is C72H70F2N4O+2. The number of hydrogen-bond acceptors (Lipinski definition) is 2. The van der Waals surface area contributed by atoms with Crippen LogP contribution in [-0.4, -0.2) is 15.6 Å². The number of nitrogens with zero attached hydrogens (tertiary/aromatic N) is 4. The van der Waals surface area contributed by atoms with E-state index < -0.39 is 11.6 Å². The molecule has 0 bridgehead atoms. The van der Waals surface area contributed by atoms with Crippen LogP contribution in [0.2, 0.25) is 0 Å². The second-order valence-electron chi connectivity index (χ2n) is 23.9. The molecule has 8 aromatic carbocycles. The van der Waals surface area contributed by atoms with Gasteiger partial charge in [-0.25, -0.2) is 13.8 Å². The van der Waals surface area contributed by atoms with Gasteiger partial charge in [-0.3, -0.25) is 4.57 Å². The summed E-state index contributed by atoms with van der Waals surface area (Å²) in [6.45, 7) is 26.6. The van der Waals surface area contributed by atoms with E-state index in [1.54, 1.807) is 0 Å². The van der Waals surface area contributed by atoms with Crippen LogP contribution >= 0.6 is 0 Å². The zero-order valence-electron chi connectivity index (χ0n) is 47.7. The van der Waals surface area contributed by atoms with Crippen molar-refractivity contribution in [2.45, 2.75) is 119 Å². The van der Waals surface area contributed by atoms with Crippen molar-refractivity contribution in [1.82, 2.24) is 18.7 Å². The van der Waals surface area contributed by atoms with E-state index in [0.29, 0.717) is 22.6 Å². The first-order chi connectivity index (χ1) is 37.8. The number of aryl methyl sites for hydroxylation is 2. The molecule has 0 unspecified atom stereocenters. The van der Waals surface area contributed by atoms with Crippen molar-refractivity contribution in [3.63, 3.8) is 0 Å². The minimum atomic E-state index is -0.640. The first-order valence-electron chi connectivity index (χ1n) is 28.0. The van der Waals surface area contributed by atoms with Crippen LogP contribution in [-0.2, 0) is 23.7 Å². The first kappa shape index (κ1) is 52.8. The molecule has 11 rings (SSSR count). The molecule has 0 radical (unpaired) electrons. The highest BCUT2D eigenvalue weighted by Gasteiger charge is 2.41. The van der Waals surface area contributed by atoms with Crippen LogP contribution in [0.1, 0.15) is 128 Å². The summed E-state index contributed by atoms with van der Waals surface area (Å²) in [5.41, 5.74) is 17.5. The van der Waals surface area contributed by atoms with Crippen LogP contribution in [0.25, 0.3) is 61.0 Å². The van der Waals surface area contributed by atoms with E-state index in [0.717, 1.165) is 91.5 Å². The average molecular weight is 1050 g/mol. The molecule has 2 aromatic heterocycles. The Labute approximate surface area is 464 Å². The molecule has 0 N–H and O–H groups in total. The molecule has 0 saturated heterocycles. The molecule has 1 aliphatic rings. The number of para-hydroxylation sites is 3. The molecule has 5 nitrogen and oxygen atoms in total. The smallest absolute Gasteiger partial charge is 0.457 e. The Balaban J connectivity index is 1.19. The maximum absolute atomic E-state index is 15.6. The van der Waals surface area contributed by atoms with E-state index in [-0.39, 0.29) is 22.7 Å². The molecule has 79 heavy (non-hydrogen) atoms. The summed E-state index contributed by atoms with van der Waals surface area (Å²) in [7, 11) is 0. The fourth-order valence-corrected chi connectivity index (χ4v) is 11.3. The Kier molecular flexibility index (Phi) is 13.7. The lowest BCUT2D eigenvalue weighted by Crippen LogP contribution is -2.13. The van der Waals surface area contributed by atoms with Gasteiger partial charge in [0, 0.05) is 47.3 Å². The number of benzene rings is 8. The van der Waals surface area contributed by atoms with Gasteiger partial charge in [-0.05, 0) is 161 Å². The second-order valence-corrected chi connectivity index (χ2v) is 23.9. The van der Waals surface area contributed by atoms with Crippen molar-refractivity contribution in [2.24, 2.45) is 0 Å². The Hall–Kier alpha value is -8.25. The summed E-state index contributed by atoms with van der Waals surface area (Å²) >= 11 is 0. The first-order valence-corrected chi connectivity index (χ1v) is 28.0. The normalized spacial score (nSPS) is 12.7. The SMILES string of the molecule is CCc1cccc(CC)c1-c1cc(Oc2ccc3c4ccccc4n(-c4cc(C(C)(C)C)ccn4)c3c2)cc([N+]2=C=[N+](c3c(-c4cc(F)cc(F)c4)cc(C(C)(C)C)cc3-c3cc(C(C)C)cc(C(C)C)c3)c3ccccc32)c1. The van der Waals surface area contributed by atoms with Crippen molar-refractivity contribution in [2.75, 3.05) is 0 Å². The van der Waals surface area contributed by atoms with Crippen molar-refractivity contribution in [1.29, 1.82) is 0 Å². The lowest BCUT2D eigenvalue weighted by atomic mass is 9.81. The monoisotopic (exact) mass is 1040 g/mol. The highest BCUT2D eigenvalue weighted by atomic mass is 19.1. The Morgan fingerprint density at radius 1 is 0.532 bits per heavy atom. The van der Waals surface area contributed by atoms with E-state index in [4.69, 9.17) is 9.72 Å². The number of pyridine rings is 1. The largest absolute Gasteiger partial charge is 0.503 e. The molecule has 0 amide bonds. The average Bonchev–Trinajstić information content (AvgIpc) is 4.20. The molecule has 0 spiro atoms. The van der Waals surface area contributed by atoms with Gasteiger partial charge >= 0.3 is 6.01 Å². The van der Waals surface area contributed by atoms with Gasteiger partial charge in [0.15, 0.2) is 0 Å². The third-order valence-electron chi connectivity index (χ3n) is 15.7. The minimum Gasteiger partial charge on any atom is -0.457 e. The number of fused-ring (bicyclic) bond motifs is 4. The van der Waals surface area contributed by atoms with E-state index in [1.807, 2.05) is 18.3 Å². The molecular weight excluding hydrogens is 975 g/mol. The van der Waals surface area contributed by atoms with Gasteiger partial charge < -0.3 is 4.74 Å². The lowest BCUT2D eigenvalue weighted by molar-refractivity contribution is 0.483. The van der Waals surface area contributed by atoms with Gasteiger partial charge in [0.2, 0.25) is 11.4 Å². The standard InChI is InChI=1S/C72H70F2N4O/c1-13-46-20-19-21-47(14-2)69(46)52-35-57(41-59(36-52)79-58-26-27-61-60-22-15-16-23-64(60)78(67(61)42-58)68-39-53(28-29-75-68)71(7,8)9)76-43-77(66-25-18-17-24-65(66)76)70-62(50-31-48(44(3)4)30-49(32-50)45(5)6)37-54(72(10,11)12)38-63(70)51-33-55(73)40-56(74)34-51/h15-42,44-45H,13-14H2,1-12H3/q+2. The number of ether oxygens (including phenoxy) is 1. The number of rotatable bonds is 12. The quantitative estimate of drug-likeness (QED) is 0.114. The van der Waals surface area contributed by atoms with Crippen LogP contribution in [0.15, 0.2) is 170 Å². The second kappa shape index (κ2) is 20.5. The lowest BCUT2D eigenvalue weighted by Gasteiger charge is -2.23. The Morgan fingerprint density at radius 3 is 1.75 bits per heavy atom. The fourth-order valence-electron chi connectivity index (χ4n) is 11.3.